The van der Waals surface area contributed by atoms with Gasteiger partial charge in [0, 0.05) is 19.2 Å². The number of rotatable bonds is 6. The van der Waals surface area contributed by atoms with Gasteiger partial charge in [-0.15, -0.1) is 0 Å². The summed E-state index contributed by atoms with van der Waals surface area (Å²) in [4.78, 5) is 14.2. The first-order valence-electron chi connectivity index (χ1n) is 4.93. The number of nitrogens with zero attached hydrogens (tertiary/aromatic N) is 2. The summed E-state index contributed by atoms with van der Waals surface area (Å²) in [5.74, 6) is 0.728. The van der Waals surface area contributed by atoms with Gasteiger partial charge in [0.1, 0.15) is 5.82 Å². The third kappa shape index (κ3) is 3.06. The molecule has 7 nitrogen and oxygen atoms in total. The van der Waals surface area contributed by atoms with E-state index in [-0.39, 0.29) is 24.7 Å². The fourth-order valence-corrected chi connectivity index (χ4v) is 1.18. The minimum Gasteiger partial charge on any atom is -0.395 e. The molecule has 0 atom stereocenters. The molecule has 0 bridgehead atoms. The summed E-state index contributed by atoms with van der Waals surface area (Å²) in [7, 11) is 0. The Morgan fingerprint density at radius 1 is 1.50 bits per heavy atom. The highest BCUT2D eigenvalue weighted by atomic mass is 16.6. The molecule has 0 aliphatic carbocycles. The van der Waals surface area contributed by atoms with Crippen molar-refractivity contribution in [2.45, 2.75) is 6.92 Å². The Bertz CT molecular complexity index is 370. The number of nitrogens with one attached hydrogen (secondary N) is 2. The molecule has 1 heterocycles. The summed E-state index contributed by atoms with van der Waals surface area (Å²) in [5, 5.41) is 25.0. The lowest BCUT2D eigenvalue weighted by molar-refractivity contribution is -0.384. The number of aliphatic hydroxyl groups is 1. The lowest BCUT2D eigenvalue weighted by Crippen LogP contribution is -2.10. The largest absolute Gasteiger partial charge is 0.395 e. The van der Waals surface area contributed by atoms with Gasteiger partial charge in [-0.3, -0.25) is 10.1 Å². The molecule has 0 amide bonds. The minimum absolute atomic E-state index is 0.102. The quantitative estimate of drug-likeness (QED) is 0.490. The smallest absolute Gasteiger partial charge is 0.311 e. The summed E-state index contributed by atoms with van der Waals surface area (Å²) < 4.78 is 0. The van der Waals surface area contributed by atoms with Crippen molar-refractivity contribution < 1.29 is 10.0 Å². The van der Waals surface area contributed by atoms with E-state index in [1.54, 1.807) is 6.07 Å². The van der Waals surface area contributed by atoms with Gasteiger partial charge in [0.05, 0.1) is 11.5 Å². The Kier molecular flexibility index (Phi) is 4.46. The van der Waals surface area contributed by atoms with Gasteiger partial charge in [-0.2, -0.15) is 0 Å². The van der Waals surface area contributed by atoms with Crippen molar-refractivity contribution in [2.75, 3.05) is 30.3 Å². The van der Waals surface area contributed by atoms with Crippen molar-refractivity contribution in [3.63, 3.8) is 0 Å². The van der Waals surface area contributed by atoms with Crippen LogP contribution in [0, 0.1) is 10.1 Å². The molecule has 0 spiro atoms. The standard InChI is InChI=1S/C9H14N4O3/c1-2-10-8-4-3-7(13(15)16)9(12-8)11-5-6-14/h3-4,14H,2,5-6H2,1H3,(H2,10,11,12). The normalized spacial score (nSPS) is 9.88. The van der Waals surface area contributed by atoms with E-state index in [0.29, 0.717) is 12.4 Å². The first-order valence-corrected chi connectivity index (χ1v) is 4.93. The van der Waals surface area contributed by atoms with Crippen molar-refractivity contribution in [3.8, 4) is 0 Å². The molecule has 3 N–H and O–H groups in total. The Morgan fingerprint density at radius 2 is 2.25 bits per heavy atom. The van der Waals surface area contributed by atoms with Crippen LogP contribution in [-0.4, -0.2) is 34.7 Å². The van der Waals surface area contributed by atoms with E-state index in [2.05, 4.69) is 15.6 Å². The number of pyridine rings is 1. The molecular weight excluding hydrogens is 212 g/mol. The fraction of sp³-hybridized carbons (Fsp3) is 0.444. The number of hydrogen-bond acceptors (Lipinski definition) is 6. The van der Waals surface area contributed by atoms with Gasteiger partial charge >= 0.3 is 5.69 Å². The van der Waals surface area contributed by atoms with Crippen LogP contribution < -0.4 is 10.6 Å². The summed E-state index contributed by atoms with van der Waals surface area (Å²) in [6.45, 7) is 2.71. The molecular formula is C9H14N4O3. The lowest BCUT2D eigenvalue weighted by Gasteiger charge is -2.07. The molecule has 1 aromatic rings. The highest BCUT2D eigenvalue weighted by Crippen LogP contribution is 2.23. The van der Waals surface area contributed by atoms with Crippen LogP contribution in [0.3, 0.4) is 0 Å². The summed E-state index contributed by atoms with van der Waals surface area (Å²) >= 11 is 0. The number of hydrogen-bond donors (Lipinski definition) is 3. The van der Waals surface area contributed by atoms with E-state index < -0.39 is 4.92 Å². The lowest BCUT2D eigenvalue weighted by atomic mass is 10.3. The molecule has 1 rings (SSSR count). The van der Waals surface area contributed by atoms with E-state index in [1.807, 2.05) is 6.92 Å². The minimum atomic E-state index is -0.511. The van der Waals surface area contributed by atoms with Crippen LogP contribution >= 0.6 is 0 Å². The predicted molar refractivity (Wildman–Crippen MR) is 60.6 cm³/mol. The van der Waals surface area contributed by atoms with E-state index in [4.69, 9.17) is 5.11 Å². The average molecular weight is 226 g/mol. The van der Waals surface area contributed by atoms with Crippen LogP contribution in [0.15, 0.2) is 12.1 Å². The van der Waals surface area contributed by atoms with Gasteiger partial charge < -0.3 is 15.7 Å². The Balaban J connectivity index is 2.95. The van der Waals surface area contributed by atoms with Crippen molar-refractivity contribution in [1.82, 2.24) is 4.98 Å². The molecule has 1 aromatic heterocycles. The zero-order valence-corrected chi connectivity index (χ0v) is 8.93. The second-order valence-electron chi connectivity index (χ2n) is 3.00. The summed E-state index contributed by atoms with van der Waals surface area (Å²) in [6.07, 6.45) is 0. The highest BCUT2D eigenvalue weighted by Gasteiger charge is 2.15. The van der Waals surface area contributed by atoms with E-state index in [0.717, 1.165) is 0 Å². The van der Waals surface area contributed by atoms with Crippen LogP contribution in [0.1, 0.15) is 6.92 Å². The van der Waals surface area contributed by atoms with Gasteiger partial charge in [0.15, 0.2) is 0 Å². The van der Waals surface area contributed by atoms with E-state index in [9.17, 15) is 10.1 Å². The van der Waals surface area contributed by atoms with Gasteiger partial charge in [0.25, 0.3) is 0 Å². The van der Waals surface area contributed by atoms with Gasteiger partial charge in [-0.1, -0.05) is 0 Å². The molecule has 0 radical (unpaired) electrons. The summed E-state index contributed by atoms with van der Waals surface area (Å²) in [6, 6.07) is 2.93. The first kappa shape index (κ1) is 12.2. The van der Waals surface area contributed by atoms with Crippen molar-refractivity contribution in [2.24, 2.45) is 0 Å². The summed E-state index contributed by atoms with van der Waals surface area (Å²) in [5.41, 5.74) is -0.102. The second-order valence-corrected chi connectivity index (χ2v) is 3.00. The monoisotopic (exact) mass is 226 g/mol. The fourth-order valence-electron chi connectivity index (χ4n) is 1.18. The van der Waals surface area contributed by atoms with Gasteiger partial charge in [-0.05, 0) is 13.0 Å². The van der Waals surface area contributed by atoms with Gasteiger partial charge in [-0.25, -0.2) is 4.98 Å². The van der Waals surface area contributed by atoms with E-state index in [1.165, 1.54) is 6.07 Å². The predicted octanol–water partition coefficient (Wildman–Crippen LogP) is 0.826. The maximum atomic E-state index is 10.7. The number of nitro groups is 1. The Morgan fingerprint density at radius 3 is 2.81 bits per heavy atom. The molecule has 88 valence electrons. The van der Waals surface area contributed by atoms with Crippen molar-refractivity contribution in [1.29, 1.82) is 0 Å². The SMILES string of the molecule is CCNc1ccc([N+](=O)[O-])c(NCCO)n1. The molecule has 0 aliphatic rings. The zero-order valence-electron chi connectivity index (χ0n) is 8.93. The van der Waals surface area contributed by atoms with Crippen LogP contribution in [0.5, 0.6) is 0 Å². The molecule has 0 unspecified atom stereocenters. The van der Waals surface area contributed by atoms with Crippen LogP contribution in [0.25, 0.3) is 0 Å². The zero-order chi connectivity index (χ0) is 12.0. The molecule has 0 saturated carbocycles. The Hall–Kier alpha value is -1.89. The first-order chi connectivity index (χ1) is 7.69. The van der Waals surface area contributed by atoms with Crippen LogP contribution in [0.2, 0.25) is 0 Å². The molecule has 0 fully saturated rings. The van der Waals surface area contributed by atoms with Crippen molar-refractivity contribution in [3.05, 3.63) is 22.2 Å². The second kappa shape index (κ2) is 5.86. The molecule has 16 heavy (non-hydrogen) atoms. The third-order valence-electron chi connectivity index (χ3n) is 1.83. The topological polar surface area (TPSA) is 100 Å². The highest BCUT2D eigenvalue weighted by molar-refractivity contribution is 5.60. The number of aliphatic hydroxyl groups excluding tert-OH is 1. The average Bonchev–Trinajstić information content (AvgIpc) is 2.26. The third-order valence-corrected chi connectivity index (χ3v) is 1.83. The molecule has 0 saturated heterocycles. The van der Waals surface area contributed by atoms with Gasteiger partial charge in [0.2, 0.25) is 5.82 Å². The molecule has 0 aromatic carbocycles. The number of aromatic nitrogens is 1. The molecule has 7 heteroatoms. The molecule has 0 aliphatic heterocycles. The van der Waals surface area contributed by atoms with Crippen molar-refractivity contribution >= 4 is 17.3 Å². The maximum absolute atomic E-state index is 10.7. The van der Waals surface area contributed by atoms with E-state index >= 15 is 0 Å². The Labute approximate surface area is 92.7 Å². The van der Waals surface area contributed by atoms with Crippen LogP contribution in [0.4, 0.5) is 17.3 Å². The number of anilines is 2. The van der Waals surface area contributed by atoms with Crippen LogP contribution in [-0.2, 0) is 0 Å². The maximum Gasteiger partial charge on any atom is 0.311 e.